The zero-order chi connectivity index (χ0) is 32.7. The van der Waals surface area contributed by atoms with Gasteiger partial charge in [0.1, 0.15) is 23.3 Å². The zero-order valence-corrected chi connectivity index (χ0v) is 27.4. The molecule has 0 saturated heterocycles. The van der Waals surface area contributed by atoms with Crippen molar-refractivity contribution in [3.63, 3.8) is 0 Å². The maximum Gasteiger partial charge on any atom is 0.257 e. The Hall–Kier alpha value is -4.12. The molecule has 46 heavy (non-hydrogen) atoms. The number of carbonyl (C=O) groups excluding carboxylic acids is 2. The molecule has 0 atom stereocenters. The average Bonchev–Trinajstić information content (AvgIpc) is 3.26. The molecule has 2 N–H and O–H groups in total. The number of ketones is 1. The second-order valence-electron chi connectivity index (χ2n) is 10.9. The first kappa shape index (κ1) is 33.2. The molecular formula is C34H33Cl2N3O6S. The van der Waals surface area contributed by atoms with Gasteiger partial charge in [0.2, 0.25) is 0 Å². The van der Waals surface area contributed by atoms with E-state index in [1.54, 1.807) is 60.7 Å². The fraction of sp³-hybridized carbons (Fsp3) is 0.265. The zero-order valence-electron chi connectivity index (χ0n) is 25.1. The molecule has 9 nitrogen and oxygen atoms in total. The summed E-state index contributed by atoms with van der Waals surface area (Å²) in [4.78, 5) is 31.3. The Labute approximate surface area is 278 Å². The van der Waals surface area contributed by atoms with Gasteiger partial charge in [0, 0.05) is 35.9 Å². The maximum atomic E-state index is 14.5. The van der Waals surface area contributed by atoms with Crippen LogP contribution in [0.15, 0.2) is 107 Å². The minimum Gasteiger partial charge on any atom is -0.496 e. The van der Waals surface area contributed by atoms with Crippen LogP contribution in [0.2, 0.25) is 5.02 Å². The summed E-state index contributed by atoms with van der Waals surface area (Å²) < 4.78 is 36.8. The molecule has 1 fully saturated rings. The van der Waals surface area contributed by atoms with Crippen molar-refractivity contribution >= 4 is 50.4 Å². The number of carbonyl (C=O) groups is 2. The van der Waals surface area contributed by atoms with Crippen LogP contribution in [0.25, 0.3) is 0 Å². The van der Waals surface area contributed by atoms with Crippen LogP contribution in [-0.2, 0) is 14.6 Å². The van der Waals surface area contributed by atoms with Crippen molar-refractivity contribution in [2.45, 2.75) is 37.0 Å². The standard InChI is InChI=1S/C34H33Cl2N3O6S/c1-44-29-21-23(38-33(41)26-7-3-4-8-28(26)35)9-11-27(29)32(40)34(15-5-2-6-16-34)30-12-10-24(22-31(36)39-30)45-19-20-46(42,43)25-13-17-37-18-14-25/h3-4,7-14,17-18,21-22,39H,2,5-6,15-16,19-20H2,1H3,(H,38,41). The number of rotatable bonds is 11. The van der Waals surface area contributed by atoms with Gasteiger partial charge in [-0.1, -0.05) is 54.6 Å². The number of allylic oxidation sites excluding steroid dienone is 4. The number of methoxy groups -OCH3 is 1. The number of Topliss-reactive ketones (excluding diaryl/α,β-unsaturated/α-hetero) is 1. The highest BCUT2D eigenvalue weighted by molar-refractivity contribution is 7.91. The number of halogens is 2. The molecule has 12 heteroatoms. The Bertz CT molecular complexity index is 1820. The summed E-state index contributed by atoms with van der Waals surface area (Å²) in [5.41, 5.74) is 0.823. The number of nitrogens with zero attached hydrogens (tertiary/aromatic N) is 1. The lowest BCUT2D eigenvalue weighted by Gasteiger charge is -2.38. The molecule has 1 aliphatic heterocycles. The lowest BCUT2D eigenvalue weighted by atomic mass is 9.67. The van der Waals surface area contributed by atoms with Gasteiger partial charge in [0.15, 0.2) is 15.6 Å². The van der Waals surface area contributed by atoms with Crippen LogP contribution in [-0.4, -0.2) is 44.6 Å². The normalized spacial score (nSPS) is 16.1. The van der Waals surface area contributed by atoms with E-state index in [9.17, 15) is 18.0 Å². The number of amides is 1. The van der Waals surface area contributed by atoms with Gasteiger partial charge in [0.05, 0.1) is 39.3 Å². The molecule has 1 aromatic heterocycles. The molecule has 1 amide bonds. The minimum absolute atomic E-state index is 0.0963. The second kappa shape index (κ2) is 14.5. The Morgan fingerprint density at radius 1 is 0.978 bits per heavy atom. The molecule has 0 radical (unpaired) electrons. The first-order valence-corrected chi connectivity index (χ1v) is 17.1. The summed E-state index contributed by atoms with van der Waals surface area (Å²) in [5, 5.41) is 6.58. The maximum absolute atomic E-state index is 14.5. The Kier molecular flexibility index (Phi) is 10.5. The molecule has 3 aromatic rings. The Balaban J connectivity index is 1.38. The van der Waals surface area contributed by atoms with Crippen LogP contribution >= 0.6 is 23.2 Å². The Morgan fingerprint density at radius 3 is 2.43 bits per heavy atom. The van der Waals surface area contributed by atoms with E-state index in [4.69, 9.17) is 32.7 Å². The van der Waals surface area contributed by atoms with E-state index in [0.29, 0.717) is 51.9 Å². The average molecular weight is 683 g/mol. The number of aromatic nitrogens is 1. The summed E-state index contributed by atoms with van der Waals surface area (Å²) in [7, 11) is -2.08. The lowest BCUT2D eigenvalue weighted by molar-refractivity contribution is 0.0768. The van der Waals surface area contributed by atoms with Crippen LogP contribution in [0.5, 0.6) is 5.75 Å². The van der Waals surface area contributed by atoms with Crippen molar-refractivity contribution in [1.82, 2.24) is 10.3 Å². The molecular weight excluding hydrogens is 649 g/mol. The van der Waals surface area contributed by atoms with E-state index in [1.807, 2.05) is 0 Å². The van der Waals surface area contributed by atoms with Crippen LogP contribution in [0.4, 0.5) is 5.69 Å². The van der Waals surface area contributed by atoms with E-state index in [0.717, 1.165) is 19.3 Å². The number of anilines is 1. The summed E-state index contributed by atoms with van der Waals surface area (Å²) in [6.45, 7) is -0.0963. The molecule has 1 saturated carbocycles. The van der Waals surface area contributed by atoms with E-state index >= 15 is 0 Å². The van der Waals surface area contributed by atoms with Gasteiger partial charge in [-0.2, -0.15) is 0 Å². The molecule has 2 heterocycles. The Morgan fingerprint density at radius 2 is 1.72 bits per heavy atom. The summed E-state index contributed by atoms with van der Waals surface area (Å²) in [5.74, 6) is -0.0901. The van der Waals surface area contributed by atoms with Crippen molar-refractivity contribution < 1.29 is 27.5 Å². The number of hydrogen-bond acceptors (Lipinski definition) is 8. The molecule has 0 bridgehead atoms. The van der Waals surface area contributed by atoms with Crippen molar-refractivity contribution in [2.24, 2.45) is 5.41 Å². The number of benzene rings is 2. The van der Waals surface area contributed by atoms with Crippen LogP contribution < -0.4 is 15.4 Å². The smallest absolute Gasteiger partial charge is 0.257 e. The summed E-state index contributed by atoms with van der Waals surface area (Å²) >= 11 is 12.8. The molecule has 2 aliphatic rings. The van der Waals surface area contributed by atoms with Gasteiger partial charge in [-0.3, -0.25) is 14.6 Å². The van der Waals surface area contributed by atoms with Gasteiger partial charge in [-0.05, 0) is 61.4 Å². The van der Waals surface area contributed by atoms with Crippen LogP contribution in [0, 0.1) is 5.41 Å². The number of pyridine rings is 1. The number of hydrogen-bond donors (Lipinski definition) is 2. The number of nitrogens with one attached hydrogen (secondary N) is 2. The highest BCUT2D eigenvalue weighted by Crippen LogP contribution is 2.46. The molecule has 0 unspecified atom stereocenters. The number of sulfone groups is 1. The fourth-order valence-corrected chi connectivity index (χ4v) is 7.18. The third-order valence-corrected chi connectivity index (χ3v) is 10.3. The highest BCUT2D eigenvalue weighted by atomic mass is 35.5. The minimum atomic E-state index is -3.56. The van der Waals surface area contributed by atoms with E-state index in [2.05, 4.69) is 15.6 Å². The van der Waals surface area contributed by atoms with Crippen molar-refractivity contribution in [3.05, 3.63) is 118 Å². The fourth-order valence-electron chi connectivity index (χ4n) is 5.68. The van der Waals surface area contributed by atoms with Gasteiger partial charge in [-0.25, -0.2) is 8.42 Å². The van der Waals surface area contributed by atoms with E-state index in [1.165, 1.54) is 31.6 Å². The van der Waals surface area contributed by atoms with Crippen LogP contribution in [0.1, 0.15) is 52.8 Å². The topological polar surface area (TPSA) is 124 Å². The SMILES string of the molecule is COc1cc(NC(=O)c2ccccc2Cl)ccc1C(=O)C1(C2=CC=C(OCCS(=O)(=O)c3ccncc3)C=C(Cl)N2)CCCCC1. The first-order chi connectivity index (χ1) is 22.1. The van der Waals surface area contributed by atoms with Crippen molar-refractivity contribution in [1.29, 1.82) is 0 Å². The molecule has 2 aromatic carbocycles. The number of ether oxygens (including phenoxy) is 2. The highest BCUT2D eigenvalue weighted by Gasteiger charge is 2.44. The predicted molar refractivity (Wildman–Crippen MR) is 178 cm³/mol. The second-order valence-corrected chi connectivity index (χ2v) is 13.9. The van der Waals surface area contributed by atoms with Crippen molar-refractivity contribution in [2.75, 3.05) is 24.8 Å². The predicted octanol–water partition coefficient (Wildman–Crippen LogP) is 7.07. The van der Waals surface area contributed by atoms with Gasteiger partial charge in [0.25, 0.3) is 5.91 Å². The van der Waals surface area contributed by atoms with Crippen LogP contribution in [0.3, 0.4) is 0 Å². The summed E-state index contributed by atoms with van der Waals surface area (Å²) in [6, 6.07) is 14.5. The van der Waals surface area contributed by atoms with Gasteiger partial charge in [-0.15, -0.1) is 0 Å². The van der Waals surface area contributed by atoms with E-state index in [-0.39, 0.29) is 34.1 Å². The molecule has 240 valence electrons. The monoisotopic (exact) mass is 681 g/mol. The largest absolute Gasteiger partial charge is 0.496 e. The van der Waals surface area contributed by atoms with Gasteiger partial charge < -0.3 is 20.1 Å². The van der Waals surface area contributed by atoms with Gasteiger partial charge >= 0.3 is 0 Å². The summed E-state index contributed by atoms with van der Waals surface area (Å²) in [6.07, 6.45) is 11.7. The van der Waals surface area contributed by atoms with E-state index < -0.39 is 15.3 Å². The molecule has 5 rings (SSSR count). The quantitative estimate of drug-likeness (QED) is 0.163. The molecule has 0 spiro atoms. The van der Waals surface area contributed by atoms with Crippen molar-refractivity contribution in [3.8, 4) is 5.75 Å². The first-order valence-electron chi connectivity index (χ1n) is 14.7. The lowest BCUT2D eigenvalue weighted by Crippen LogP contribution is -2.40. The molecule has 1 aliphatic carbocycles. The third-order valence-electron chi connectivity index (χ3n) is 8.05. The third kappa shape index (κ3) is 7.46.